The molecule has 17 N–H and O–H groups in total. The Hall–Kier alpha value is -1.32. The molecule has 0 aromatic carbocycles. The maximum atomic E-state index is 11.4. The van der Waals surface area contributed by atoms with Crippen molar-refractivity contribution in [1.29, 1.82) is 0 Å². The number of ether oxygens (including phenoxy) is 16. The minimum Gasteiger partial charge on any atom is -0.394 e. The zero-order chi connectivity index (χ0) is 53.5. The summed E-state index contributed by atoms with van der Waals surface area (Å²) >= 11 is 0. The predicted molar refractivity (Wildman–Crippen MR) is 222 cm³/mol. The van der Waals surface area contributed by atoms with Crippen LogP contribution < -0.4 is 0 Å². The molecule has 33 nitrogen and oxygen atoms in total. The second-order valence-corrected chi connectivity index (χ2v) is 19.9. The lowest BCUT2D eigenvalue weighted by molar-refractivity contribution is -0.382. The van der Waals surface area contributed by atoms with Crippen molar-refractivity contribution in [2.24, 2.45) is 0 Å². The summed E-state index contributed by atoms with van der Waals surface area (Å²) in [6.07, 6.45) is -53.6. The molecule has 10 aliphatic heterocycles. The smallest absolute Gasteiger partial charge is 0.187 e. The van der Waals surface area contributed by atoms with Crippen LogP contribution in [0.1, 0.15) is 0 Å². The fourth-order valence-corrected chi connectivity index (χ4v) is 11.1. The summed E-state index contributed by atoms with van der Waals surface area (Å²) in [4.78, 5) is 0. The highest BCUT2D eigenvalue weighted by atomic mass is 16.8. The van der Waals surface area contributed by atoms with Crippen LogP contribution in [-0.4, -0.2) is 348 Å². The number of aliphatic hydroxyl groups is 17. The van der Waals surface area contributed by atoms with Gasteiger partial charge in [0.15, 0.2) is 44.0 Å². The Labute approximate surface area is 423 Å². The van der Waals surface area contributed by atoms with Gasteiger partial charge in [-0.2, -0.15) is 0 Å². The van der Waals surface area contributed by atoms with E-state index in [1.54, 1.807) is 0 Å². The first-order chi connectivity index (χ1) is 35.9. The van der Waals surface area contributed by atoms with Crippen LogP contribution in [0, 0.1) is 0 Å². The van der Waals surface area contributed by atoms with Gasteiger partial charge in [0.2, 0.25) is 0 Å². The van der Waals surface area contributed by atoms with Crippen molar-refractivity contribution in [2.75, 3.05) is 46.2 Å². The van der Waals surface area contributed by atoms with Gasteiger partial charge in [-0.1, -0.05) is 0 Å². The zero-order valence-corrected chi connectivity index (χ0v) is 39.3. The molecule has 10 saturated heterocycles. The Morgan fingerprint density at radius 3 is 0.893 bits per heavy atom. The second kappa shape index (κ2) is 23.3. The van der Waals surface area contributed by atoms with Gasteiger partial charge in [0.25, 0.3) is 0 Å². The van der Waals surface area contributed by atoms with Crippen LogP contribution in [0.25, 0.3) is 0 Å². The van der Waals surface area contributed by atoms with E-state index in [0.717, 1.165) is 0 Å². The molecule has 0 radical (unpaired) electrons. The van der Waals surface area contributed by atoms with Crippen molar-refractivity contribution >= 4 is 0 Å². The van der Waals surface area contributed by atoms with Gasteiger partial charge in [-0.3, -0.25) is 0 Å². The fraction of sp³-hybridized carbons (Fsp3) is 1.00. The maximum absolute atomic E-state index is 11.4. The Morgan fingerprint density at radius 2 is 0.547 bits per heavy atom. The standard InChI is InChI=1S/C42H66O33/c43-1-8-15(47)16(48)21(53)37(64-8)73-30-13-6-62-35(30)26(58)42(69-13)75-32-14-7-61-34(32)25(57)41(68-14)72-29-11(4-46)66-39(23(55)19(29)51)74-31-12-5-60-33(31)24(56)40(67-12)71-28-10(3-45)65-38(22(54)18(28)50)70-27-9(2-44)63-36(59)20(52)17(27)49/h8-59H,1-7H2/t8-,9-,10-,11-,12-,13-,14-,15-,16+,17-,18-,19-,20-,21-,22-,23-,24-,25-,26-,27-,28-,29-,30-,31-,32-,33-,34-,35-,36+,37-,38-,39-,40-,41-,42-/m1/s1. The molecule has 10 aliphatic rings. The molecule has 10 fully saturated rings. The molecule has 0 aliphatic carbocycles. The first-order valence-corrected chi connectivity index (χ1v) is 24.5. The van der Waals surface area contributed by atoms with E-state index in [-0.39, 0.29) is 19.8 Å². The summed E-state index contributed by atoms with van der Waals surface area (Å²) in [5.41, 5.74) is 0. The molecule has 35 atom stereocenters. The highest BCUT2D eigenvalue weighted by Gasteiger charge is 2.62. The van der Waals surface area contributed by atoms with Crippen LogP contribution in [-0.2, 0) is 75.8 Å². The van der Waals surface area contributed by atoms with E-state index in [1.165, 1.54) is 0 Å². The van der Waals surface area contributed by atoms with E-state index in [4.69, 9.17) is 75.8 Å². The molecule has 0 unspecified atom stereocenters. The largest absolute Gasteiger partial charge is 0.394 e. The number of fused-ring (bicyclic) bond motifs is 6. The third kappa shape index (κ3) is 10.5. The summed E-state index contributed by atoms with van der Waals surface area (Å²) in [6.45, 7) is -3.71. The van der Waals surface area contributed by atoms with Crippen molar-refractivity contribution < 1.29 is 163 Å². The maximum Gasteiger partial charge on any atom is 0.187 e. The van der Waals surface area contributed by atoms with E-state index < -0.39 is 241 Å². The Morgan fingerprint density at radius 1 is 0.267 bits per heavy atom. The molecule has 0 spiro atoms. The van der Waals surface area contributed by atoms with Gasteiger partial charge in [0, 0.05) is 0 Å². The molecule has 10 rings (SSSR count). The average molecular weight is 1100 g/mol. The van der Waals surface area contributed by atoms with Gasteiger partial charge in [0.1, 0.15) is 171 Å². The lowest BCUT2D eigenvalue weighted by Gasteiger charge is -2.48. The van der Waals surface area contributed by atoms with Crippen molar-refractivity contribution in [3.05, 3.63) is 0 Å². The van der Waals surface area contributed by atoms with E-state index in [0.29, 0.717) is 0 Å². The summed E-state index contributed by atoms with van der Waals surface area (Å²) in [7, 11) is 0. The third-order valence-corrected chi connectivity index (χ3v) is 15.3. The number of hydrogen-bond acceptors (Lipinski definition) is 33. The van der Waals surface area contributed by atoms with Crippen LogP contribution in [0.15, 0.2) is 0 Å². The van der Waals surface area contributed by atoms with E-state index in [2.05, 4.69) is 0 Å². The van der Waals surface area contributed by atoms with Crippen LogP contribution in [0.3, 0.4) is 0 Å². The lowest BCUT2D eigenvalue weighted by Crippen LogP contribution is -2.66. The predicted octanol–water partition coefficient (Wildman–Crippen LogP) is -13.1. The molecular formula is C42H66O33. The van der Waals surface area contributed by atoms with E-state index in [9.17, 15) is 86.8 Å². The van der Waals surface area contributed by atoms with Crippen LogP contribution in [0.2, 0.25) is 0 Å². The SMILES string of the molecule is OC[C@H]1O[C@H](O[C@H]2[C@@H]3OC[C@H]2O[C@H](O[C@H]2[C@@H]4OC[C@H]2O[C@H](O[C@H]2[C@H](O)[C@@H](O)[C@@H](O[C@H]5[C@@H]6OC[C@H]5O[C@H](O[C@H]5[C@H](O)[C@@H](O)[C@@H](O[C@H]7[C@H](O)[C@@H](O)[C@@H](O)O[C@@H]7CO)O[C@@H]5CO)[C@@H]6O)O[C@@H]2CO)[C@@H]4O)[C@@H]3O)[C@H](O)[C@@H](O)[C@@H]1O. The van der Waals surface area contributed by atoms with Crippen LogP contribution in [0.4, 0.5) is 0 Å². The van der Waals surface area contributed by atoms with Crippen molar-refractivity contribution in [3.63, 3.8) is 0 Å². The molecule has 432 valence electrons. The Kier molecular flexibility index (Phi) is 17.7. The van der Waals surface area contributed by atoms with Gasteiger partial charge in [0.05, 0.1) is 46.2 Å². The topological polar surface area (TPSA) is 492 Å². The molecule has 0 aromatic rings. The Bertz CT molecular complexity index is 1860. The second-order valence-electron chi connectivity index (χ2n) is 19.9. The average Bonchev–Trinajstić information content (AvgIpc) is 4.02. The monoisotopic (exact) mass is 1100 g/mol. The third-order valence-electron chi connectivity index (χ3n) is 15.3. The normalized spacial score (nSPS) is 56.8. The van der Waals surface area contributed by atoms with Crippen molar-refractivity contribution in [1.82, 2.24) is 0 Å². The highest BCUT2D eigenvalue weighted by Crippen LogP contribution is 2.42. The first-order valence-electron chi connectivity index (χ1n) is 24.5. The summed E-state index contributed by atoms with van der Waals surface area (Å²) in [5.74, 6) is 0. The lowest BCUT2D eigenvalue weighted by atomic mass is 9.96. The fourth-order valence-electron chi connectivity index (χ4n) is 11.1. The first kappa shape index (κ1) is 56.9. The van der Waals surface area contributed by atoms with Gasteiger partial charge in [-0.05, 0) is 0 Å². The number of aliphatic hydroxyl groups excluding tert-OH is 17. The van der Waals surface area contributed by atoms with Crippen LogP contribution >= 0.6 is 0 Å². The minimum atomic E-state index is -1.98. The summed E-state index contributed by atoms with van der Waals surface area (Å²) in [6, 6.07) is 0. The van der Waals surface area contributed by atoms with E-state index >= 15 is 0 Å². The molecule has 33 heteroatoms. The van der Waals surface area contributed by atoms with Gasteiger partial charge < -0.3 is 163 Å². The van der Waals surface area contributed by atoms with Gasteiger partial charge in [-0.15, -0.1) is 0 Å². The summed E-state index contributed by atoms with van der Waals surface area (Å²) in [5, 5.41) is 180. The van der Waals surface area contributed by atoms with Crippen molar-refractivity contribution in [3.8, 4) is 0 Å². The zero-order valence-electron chi connectivity index (χ0n) is 39.3. The van der Waals surface area contributed by atoms with Crippen molar-refractivity contribution in [2.45, 2.75) is 215 Å². The number of rotatable bonds is 16. The molecule has 10 heterocycles. The number of hydrogen-bond donors (Lipinski definition) is 17. The summed E-state index contributed by atoms with van der Waals surface area (Å²) < 4.78 is 92.3. The molecule has 6 bridgehead atoms. The van der Waals surface area contributed by atoms with Gasteiger partial charge >= 0.3 is 0 Å². The Balaban J connectivity index is 0.717. The van der Waals surface area contributed by atoms with E-state index in [1.807, 2.05) is 0 Å². The minimum absolute atomic E-state index is 0.105. The van der Waals surface area contributed by atoms with Crippen LogP contribution in [0.5, 0.6) is 0 Å². The quantitative estimate of drug-likeness (QED) is 0.0682. The molecule has 0 aromatic heterocycles. The molecular weight excluding hydrogens is 1030 g/mol. The molecule has 0 saturated carbocycles. The molecule has 75 heavy (non-hydrogen) atoms. The molecule has 0 amide bonds. The van der Waals surface area contributed by atoms with Gasteiger partial charge in [-0.25, -0.2) is 0 Å². The highest BCUT2D eigenvalue weighted by molar-refractivity contribution is 5.04.